The molecule has 3 N–H and O–H groups in total. The van der Waals surface area contributed by atoms with Gasteiger partial charge in [-0.1, -0.05) is 447 Å². The Hall–Kier alpha value is -13.7. The van der Waals surface area contributed by atoms with E-state index < -0.39 is 0 Å². The number of nitrogens with zero attached hydrogens (tertiary/aromatic N) is 5. The van der Waals surface area contributed by atoms with Crippen LogP contribution in [0, 0.1) is 35.5 Å². The van der Waals surface area contributed by atoms with Gasteiger partial charge in [0.2, 0.25) is 0 Å². The van der Waals surface area contributed by atoms with Crippen molar-refractivity contribution in [1.29, 1.82) is 0 Å². The molecular weight excluding hydrogens is 1590 g/mol. The minimum absolute atomic E-state index is 0.0123. The highest BCUT2D eigenvalue weighted by molar-refractivity contribution is 6.18. The molecule has 0 aliphatic heterocycles. The van der Waals surface area contributed by atoms with Gasteiger partial charge in [-0.3, -0.25) is 14.8 Å². The van der Waals surface area contributed by atoms with E-state index >= 15 is 0 Å². The van der Waals surface area contributed by atoms with Crippen molar-refractivity contribution in [2.24, 2.45) is 45.5 Å². The van der Waals surface area contributed by atoms with Crippen molar-refractivity contribution >= 4 is 53.0 Å². The van der Waals surface area contributed by atoms with E-state index in [9.17, 15) is 0 Å². The van der Waals surface area contributed by atoms with Gasteiger partial charge in [0, 0.05) is 110 Å². The van der Waals surface area contributed by atoms with Crippen molar-refractivity contribution in [3.8, 4) is 0 Å². The summed E-state index contributed by atoms with van der Waals surface area (Å²) in [6.45, 7) is 33.3. The third kappa shape index (κ3) is 25.3. The highest BCUT2D eigenvalue weighted by Gasteiger charge is 2.34. The van der Waals surface area contributed by atoms with E-state index in [2.05, 4.69) is 498 Å². The molecule has 0 aliphatic rings. The number of nitrogen functional groups attached to an aromatic ring is 1. The lowest BCUT2D eigenvalue weighted by Gasteiger charge is -2.33. The van der Waals surface area contributed by atoms with Gasteiger partial charge in [0.15, 0.2) is 0 Å². The van der Waals surface area contributed by atoms with Crippen LogP contribution >= 0.6 is 0 Å². The van der Waals surface area contributed by atoms with Crippen LogP contribution in [0.3, 0.4) is 0 Å². The van der Waals surface area contributed by atoms with E-state index in [0.29, 0.717) is 35.5 Å². The van der Waals surface area contributed by atoms with E-state index in [1.807, 2.05) is 12.4 Å². The molecule has 15 aromatic rings. The Labute approximate surface area is 782 Å². The number of anilines is 4. The quantitative estimate of drug-likeness (QED) is 0.0176. The minimum Gasteiger partial charge on any atom is -0.483 e. The summed E-state index contributed by atoms with van der Waals surface area (Å²) >= 11 is 0. The summed E-state index contributed by atoms with van der Waals surface area (Å²) < 4.78 is 0. The zero-order valence-corrected chi connectivity index (χ0v) is 78.7. The monoisotopic (exact) mass is 1730 g/mol. The van der Waals surface area contributed by atoms with Crippen LogP contribution in [0.4, 0.5) is 34.1 Å². The van der Waals surface area contributed by atoms with Crippen molar-refractivity contribution in [3.05, 3.63) is 501 Å². The fraction of sp³-hybridized carbons (Fsp3) is 0.244. The summed E-state index contributed by atoms with van der Waals surface area (Å²) in [6.07, 6.45) is 3.99. The minimum atomic E-state index is -0.250. The van der Waals surface area contributed by atoms with Crippen molar-refractivity contribution in [2.75, 3.05) is 59.7 Å². The first-order valence-electron chi connectivity index (χ1n) is 47.1. The van der Waals surface area contributed by atoms with E-state index in [0.717, 1.165) is 89.7 Å². The molecule has 0 fully saturated rings. The lowest BCUT2D eigenvalue weighted by atomic mass is 9.78. The van der Waals surface area contributed by atoms with Crippen molar-refractivity contribution < 1.29 is 9.90 Å². The van der Waals surface area contributed by atoms with Crippen molar-refractivity contribution in [1.82, 2.24) is 0 Å². The molecule has 8 heteroatoms. The van der Waals surface area contributed by atoms with Gasteiger partial charge in [-0.15, -0.1) is 0 Å². The lowest BCUT2D eigenvalue weighted by Crippen LogP contribution is -2.31. The Morgan fingerprint density at radius 3 is 0.481 bits per heavy atom. The smallest absolute Gasteiger partial charge is 0.290 e. The molecule has 666 valence electrons. The summed E-state index contributed by atoms with van der Waals surface area (Å²) in [5, 5.41) is 6.89. The average Bonchev–Trinajstić information content (AvgIpc) is 0.812. The second kappa shape index (κ2) is 47.6. The highest BCUT2D eigenvalue weighted by Crippen LogP contribution is 2.51. The molecular formula is C123H132N6O2. The maximum atomic E-state index is 8.36. The molecule has 0 aliphatic carbocycles. The van der Waals surface area contributed by atoms with E-state index in [1.165, 1.54) is 83.8 Å². The molecule has 0 amide bonds. The van der Waals surface area contributed by atoms with Gasteiger partial charge < -0.3 is 25.5 Å². The van der Waals surface area contributed by atoms with Gasteiger partial charge in [0.05, 0.1) is 11.4 Å². The van der Waals surface area contributed by atoms with Gasteiger partial charge in [0.25, 0.3) is 6.47 Å². The van der Waals surface area contributed by atoms with Crippen LogP contribution in [0.1, 0.15) is 219 Å². The molecule has 131 heavy (non-hydrogen) atoms. The molecule has 0 heterocycles. The first-order valence-corrected chi connectivity index (χ1v) is 47.1. The summed E-state index contributed by atoms with van der Waals surface area (Å²) in [4.78, 5) is 27.9. The van der Waals surface area contributed by atoms with E-state index in [-0.39, 0.29) is 42.0 Å². The van der Waals surface area contributed by atoms with Gasteiger partial charge in [-0.25, -0.2) is 0 Å². The summed E-state index contributed by atoms with van der Waals surface area (Å²) in [5.41, 5.74) is 35.4. The standard InChI is InChI=1S/C82H86N4.C40H44N2.CH2O2/c1-59(2)55-85(56-60(3)4)71-51-73(77(63-33-17-9-18-34-63)64-35-19-10-20-36-64)81(74(52-71)78(65-37-21-11-22-38-65)66-39-23-12-24-40-66)83-49-50-84-82-75(79(67-41-25-13-26-42-67)68-43-27-14-28-44-68)53-72(86(57-61(5)6)58-62(7)8)54-76(82)80(69-45-29-15-30-46-69)70-47-31-16-32-48-70;1-29(2)27-42(28-30(3)4)35-25-36(38(31-17-9-5-10-18-31)32-19-11-6-12-20-32)40(41)37(26-35)39(33-21-13-7-14-22-33)34-23-15-8-16-24-34;2-1-3/h9-54,59-62,77-80H,55-58H2,1-8H3;5-26,29-30,38-39H,27-28,41H2,1-4H3;1H,(H,2,3). The maximum Gasteiger partial charge on any atom is 0.290 e. The zero-order chi connectivity index (χ0) is 92.0. The van der Waals surface area contributed by atoms with Gasteiger partial charge >= 0.3 is 0 Å². The SMILES string of the molecule is CC(C)CN(CC(C)C)c1cc(C(c2ccccc2)c2ccccc2)c(N)c(C(c2ccccc2)c2ccccc2)c1.CC(C)CN(CC(C)C)c1cc(C(c2ccccc2)c2ccccc2)c(N=CC=Nc2c(C(c3ccccc3)c3ccccc3)cc(N(CC(C)C)CC(C)C)cc2C(c2ccccc2)c2ccccc2)c(C(c2ccccc2)c2ccccc2)c1.O=CO. The summed E-state index contributed by atoms with van der Waals surface area (Å²) in [5.74, 6) is 2.27. The fourth-order valence-electron chi connectivity index (χ4n) is 19.0. The highest BCUT2D eigenvalue weighted by atomic mass is 16.3. The molecule has 0 unspecified atom stereocenters. The number of hydrogen-bond acceptors (Lipinski definition) is 7. The van der Waals surface area contributed by atoms with E-state index in [1.54, 1.807) is 0 Å². The predicted molar refractivity (Wildman–Crippen MR) is 557 cm³/mol. The molecule has 0 saturated heterocycles. The van der Waals surface area contributed by atoms with Gasteiger partial charge in [0.1, 0.15) is 0 Å². The molecule has 0 aromatic heterocycles. The maximum absolute atomic E-state index is 8.36. The normalized spacial score (nSPS) is 11.6. The first-order chi connectivity index (χ1) is 63.8. The third-order valence-electron chi connectivity index (χ3n) is 24.1. The van der Waals surface area contributed by atoms with Crippen LogP contribution in [-0.4, -0.2) is 63.3 Å². The van der Waals surface area contributed by atoms with Crippen LogP contribution in [-0.2, 0) is 4.79 Å². The zero-order valence-electron chi connectivity index (χ0n) is 78.7. The van der Waals surface area contributed by atoms with Crippen LogP contribution in [0.2, 0.25) is 0 Å². The number of carbonyl (C=O) groups is 1. The number of nitrogens with two attached hydrogens (primary N) is 1. The number of aliphatic imine (C=N–C) groups is 2. The van der Waals surface area contributed by atoms with Gasteiger partial charge in [-0.2, -0.15) is 0 Å². The lowest BCUT2D eigenvalue weighted by molar-refractivity contribution is -0.122. The van der Waals surface area contributed by atoms with Crippen LogP contribution < -0.4 is 20.4 Å². The Morgan fingerprint density at radius 2 is 0.351 bits per heavy atom. The van der Waals surface area contributed by atoms with Crippen LogP contribution in [0.5, 0.6) is 0 Å². The number of rotatable bonds is 36. The van der Waals surface area contributed by atoms with E-state index in [4.69, 9.17) is 25.6 Å². The molecule has 8 nitrogen and oxygen atoms in total. The molecule has 15 aromatic carbocycles. The fourth-order valence-corrected chi connectivity index (χ4v) is 19.0. The van der Waals surface area contributed by atoms with Gasteiger partial charge in [-0.05, 0) is 172 Å². The van der Waals surface area contributed by atoms with Crippen LogP contribution in [0.15, 0.2) is 410 Å². The molecule has 0 radical (unpaired) electrons. The first kappa shape index (κ1) is 94.9. The molecule has 0 atom stereocenters. The third-order valence-corrected chi connectivity index (χ3v) is 24.1. The second-order valence-corrected chi connectivity index (χ2v) is 37.2. The summed E-state index contributed by atoms with van der Waals surface area (Å²) in [7, 11) is 0. The Bertz CT molecular complexity index is 5150. The molecule has 0 saturated carbocycles. The Morgan fingerprint density at radius 1 is 0.229 bits per heavy atom. The van der Waals surface area contributed by atoms with Crippen LogP contribution in [0.25, 0.3) is 0 Å². The number of carboxylic acid groups (broad SMARTS) is 1. The second-order valence-electron chi connectivity index (χ2n) is 37.2. The molecule has 0 bridgehead atoms. The summed E-state index contributed by atoms with van der Waals surface area (Å²) in [6, 6.07) is 146. The number of benzene rings is 15. The number of hydrogen-bond donors (Lipinski definition) is 2. The largest absolute Gasteiger partial charge is 0.483 e. The predicted octanol–water partition coefficient (Wildman–Crippen LogP) is 30.2. The Kier molecular flexibility index (Phi) is 34.5. The van der Waals surface area contributed by atoms with Crippen molar-refractivity contribution in [2.45, 2.75) is 119 Å². The van der Waals surface area contributed by atoms with Crippen molar-refractivity contribution in [3.63, 3.8) is 0 Å². The molecule has 15 rings (SSSR count). The average molecular weight is 1730 g/mol. The topological polar surface area (TPSA) is 97.8 Å². The Balaban J connectivity index is 0.000000270. The molecule has 0 spiro atoms.